The molecule has 112 valence electrons. The summed E-state index contributed by atoms with van der Waals surface area (Å²) in [4.78, 5) is 18.3. The van der Waals surface area contributed by atoms with E-state index in [0.717, 1.165) is 5.56 Å². The van der Waals surface area contributed by atoms with Crippen molar-refractivity contribution in [3.05, 3.63) is 36.5 Å². The maximum atomic E-state index is 12.3. The Hall–Kier alpha value is -2.74. The fourth-order valence-electron chi connectivity index (χ4n) is 2.07. The minimum absolute atomic E-state index is 0.0712. The third kappa shape index (κ3) is 3.67. The summed E-state index contributed by atoms with van der Waals surface area (Å²) in [6.45, 7) is 3.82. The van der Waals surface area contributed by atoms with Crippen molar-refractivity contribution in [2.75, 3.05) is 4.90 Å². The van der Waals surface area contributed by atoms with E-state index in [9.17, 15) is 4.79 Å². The molecule has 0 radical (unpaired) electrons. The normalized spacial score (nSPS) is 10.3. The maximum absolute atomic E-state index is 12.3. The van der Waals surface area contributed by atoms with Crippen molar-refractivity contribution in [3.8, 4) is 23.6 Å². The van der Waals surface area contributed by atoms with Gasteiger partial charge in [-0.05, 0) is 13.8 Å². The first kappa shape index (κ1) is 15.6. The topological polar surface area (TPSA) is 59.0 Å². The van der Waals surface area contributed by atoms with E-state index >= 15 is 0 Å². The van der Waals surface area contributed by atoms with Crippen LogP contribution in [0.2, 0.25) is 0 Å². The van der Waals surface area contributed by atoms with Gasteiger partial charge in [-0.25, -0.2) is 4.98 Å². The quantitative estimate of drug-likeness (QED) is 0.796. The number of carbonyl (C=O) groups excluding carboxylic acids is 1. The van der Waals surface area contributed by atoms with Crippen LogP contribution in [0.5, 0.6) is 0 Å². The fraction of sp³-hybridized carbons (Fsp3) is 0.294. The molecule has 2 aromatic rings. The molecule has 0 atom stereocenters. The first-order valence-corrected chi connectivity index (χ1v) is 7.14. The number of aromatic nitrogens is 3. The number of nitrogens with zero attached hydrogens (tertiary/aromatic N) is 4. The highest BCUT2D eigenvalue weighted by Gasteiger charge is 2.22. The Labute approximate surface area is 130 Å². The number of rotatable bonds is 5. The second-order valence-corrected chi connectivity index (χ2v) is 5.07. The minimum atomic E-state index is -0.0973. The summed E-state index contributed by atoms with van der Waals surface area (Å²) in [5, 5.41) is 7.99. The van der Waals surface area contributed by atoms with Gasteiger partial charge in [-0.15, -0.1) is 17.4 Å². The van der Waals surface area contributed by atoms with Gasteiger partial charge in [0.05, 0.1) is 11.9 Å². The number of carbonyl (C=O) groups is 1. The van der Waals surface area contributed by atoms with Gasteiger partial charge < -0.3 is 0 Å². The van der Waals surface area contributed by atoms with Crippen LogP contribution in [0, 0.1) is 12.3 Å². The summed E-state index contributed by atoms with van der Waals surface area (Å²) in [5.41, 5.74) is 1.61. The Morgan fingerprint density at radius 1 is 1.32 bits per heavy atom. The highest BCUT2D eigenvalue weighted by molar-refractivity contribution is 5.92. The Bertz CT molecular complexity index is 677. The molecule has 0 aliphatic heterocycles. The van der Waals surface area contributed by atoms with Crippen LogP contribution in [-0.4, -0.2) is 27.1 Å². The fourth-order valence-corrected chi connectivity index (χ4v) is 2.07. The number of anilines is 1. The molecule has 1 heterocycles. The number of amides is 1. The van der Waals surface area contributed by atoms with Crippen LogP contribution in [0.4, 0.5) is 5.95 Å². The van der Waals surface area contributed by atoms with Crippen LogP contribution in [0.15, 0.2) is 36.5 Å². The third-order valence-electron chi connectivity index (χ3n) is 3.10. The molecule has 0 N–H and O–H groups in total. The predicted octanol–water partition coefficient (Wildman–Crippen LogP) is 2.69. The minimum Gasteiger partial charge on any atom is -0.277 e. The van der Waals surface area contributed by atoms with E-state index in [-0.39, 0.29) is 18.4 Å². The lowest BCUT2D eigenvalue weighted by Gasteiger charge is -2.24. The maximum Gasteiger partial charge on any atom is 0.252 e. The molecule has 0 unspecified atom stereocenters. The molecule has 0 spiro atoms. The lowest BCUT2D eigenvalue weighted by molar-refractivity contribution is -0.118. The second kappa shape index (κ2) is 7.32. The highest BCUT2D eigenvalue weighted by Crippen LogP contribution is 2.19. The standard InChI is InChI=1S/C17H18N4O/c1-4-5-11-16(22)21(13(2)3)17-19-15(12-18-20-17)14-9-7-6-8-10-14/h1,6-10,12-13H,5,11H2,2-3H3. The van der Waals surface area contributed by atoms with Gasteiger partial charge >= 0.3 is 0 Å². The molecule has 0 saturated heterocycles. The number of terminal acetylenes is 1. The second-order valence-electron chi connectivity index (χ2n) is 5.07. The number of hydrogen-bond donors (Lipinski definition) is 0. The molecule has 1 amide bonds. The van der Waals surface area contributed by atoms with Crippen molar-refractivity contribution in [3.63, 3.8) is 0 Å². The van der Waals surface area contributed by atoms with Crippen LogP contribution in [0.1, 0.15) is 26.7 Å². The Morgan fingerprint density at radius 3 is 2.68 bits per heavy atom. The SMILES string of the molecule is C#CCCC(=O)N(c1nncc(-c2ccccc2)n1)C(C)C. The van der Waals surface area contributed by atoms with Crippen molar-refractivity contribution >= 4 is 11.9 Å². The summed E-state index contributed by atoms with van der Waals surface area (Å²) in [6, 6.07) is 9.59. The van der Waals surface area contributed by atoms with Gasteiger partial charge in [0.25, 0.3) is 5.95 Å². The van der Waals surface area contributed by atoms with Gasteiger partial charge in [-0.3, -0.25) is 9.69 Å². The van der Waals surface area contributed by atoms with Gasteiger partial charge in [0.15, 0.2) is 0 Å². The van der Waals surface area contributed by atoms with Gasteiger partial charge in [0.1, 0.15) is 0 Å². The lowest BCUT2D eigenvalue weighted by atomic mass is 10.2. The summed E-state index contributed by atoms with van der Waals surface area (Å²) < 4.78 is 0. The molecule has 1 aromatic carbocycles. The van der Waals surface area contributed by atoms with E-state index in [1.54, 1.807) is 6.20 Å². The predicted molar refractivity (Wildman–Crippen MR) is 86.0 cm³/mol. The van der Waals surface area contributed by atoms with Crippen molar-refractivity contribution in [1.29, 1.82) is 0 Å². The summed E-state index contributed by atoms with van der Waals surface area (Å²) in [5.74, 6) is 2.68. The number of benzene rings is 1. The Balaban J connectivity index is 2.33. The molecule has 5 nitrogen and oxygen atoms in total. The molecular formula is C17H18N4O. The molecule has 1 aromatic heterocycles. The van der Waals surface area contributed by atoms with Crippen LogP contribution in [0.25, 0.3) is 11.3 Å². The molecule has 0 bridgehead atoms. The Kier molecular flexibility index (Phi) is 5.21. The van der Waals surface area contributed by atoms with E-state index in [0.29, 0.717) is 18.1 Å². The zero-order chi connectivity index (χ0) is 15.9. The zero-order valence-electron chi connectivity index (χ0n) is 12.7. The average molecular weight is 294 g/mol. The first-order valence-electron chi connectivity index (χ1n) is 7.14. The molecule has 2 rings (SSSR count). The summed E-state index contributed by atoms with van der Waals surface area (Å²) in [6.07, 6.45) is 7.48. The largest absolute Gasteiger partial charge is 0.277 e. The van der Waals surface area contributed by atoms with E-state index < -0.39 is 0 Å². The monoisotopic (exact) mass is 294 g/mol. The van der Waals surface area contributed by atoms with Gasteiger partial charge in [0.2, 0.25) is 5.91 Å². The molecule has 0 saturated carbocycles. The van der Waals surface area contributed by atoms with E-state index in [1.807, 2.05) is 44.2 Å². The average Bonchev–Trinajstić information content (AvgIpc) is 2.54. The zero-order valence-corrected chi connectivity index (χ0v) is 12.7. The van der Waals surface area contributed by atoms with Crippen LogP contribution in [-0.2, 0) is 4.79 Å². The van der Waals surface area contributed by atoms with E-state index in [2.05, 4.69) is 21.1 Å². The van der Waals surface area contributed by atoms with Crippen molar-refractivity contribution in [2.24, 2.45) is 0 Å². The van der Waals surface area contributed by atoms with Crippen LogP contribution >= 0.6 is 0 Å². The van der Waals surface area contributed by atoms with Crippen molar-refractivity contribution < 1.29 is 4.79 Å². The molecular weight excluding hydrogens is 276 g/mol. The van der Waals surface area contributed by atoms with Crippen molar-refractivity contribution in [2.45, 2.75) is 32.7 Å². The van der Waals surface area contributed by atoms with E-state index in [1.165, 1.54) is 4.90 Å². The van der Waals surface area contributed by atoms with Crippen LogP contribution in [0.3, 0.4) is 0 Å². The molecule has 0 aliphatic rings. The van der Waals surface area contributed by atoms with E-state index in [4.69, 9.17) is 6.42 Å². The lowest BCUT2D eigenvalue weighted by Crippen LogP contribution is -2.38. The molecule has 22 heavy (non-hydrogen) atoms. The van der Waals surface area contributed by atoms with Crippen LogP contribution < -0.4 is 4.90 Å². The van der Waals surface area contributed by atoms with Crippen molar-refractivity contribution in [1.82, 2.24) is 15.2 Å². The third-order valence-corrected chi connectivity index (χ3v) is 3.10. The molecule has 5 heteroatoms. The van der Waals surface area contributed by atoms with Gasteiger partial charge in [-0.1, -0.05) is 30.3 Å². The number of hydrogen-bond acceptors (Lipinski definition) is 4. The smallest absolute Gasteiger partial charge is 0.252 e. The molecule has 0 fully saturated rings. The Morgan fingerprint density at radius 2 is 2.05 bits per heavy atom. The van der Waals surface area contributed by atoms with Gasteiger partial charge in [0, 0.05) is 24.4 Å². The van der Waals surface area contributed by atoms with Gasteiger partial charge in [-0.2, -0.15) is 5.10 Å². The summed E-state index contributed by atoms with van der Waals surface area (Å²) in [7, 11) is 0. The molecule has 0 aliphatic carbocycles. The summed E-state index contributed by atoms with van der Waals surface area (Å²) >= 11 is 0. The highest BCUT2D eigenvalue weighted by atomic mass is 16.2. The first-order chi connectivity index (χ1) is 10.6.